The van der Waals surface area contributed by atoms with Gasteiger partial charge in [-0.2, -0.15) is 4.31 Å². The molecule has 0 radical (unpaired) electrons. The van der Waals surface area contributed by atoms with Crippen molar-refractivity contribution < 1.29 is 8.42 Å². The van der Waals surface area contributed by atoms with Crippen LogP contribution in [0.3, 0.4) is 0 Å². The average Bonchev–Trinajstić information content (AvgIpc) is 3.47. The highest BCUT2D eigenvalue weighted by Crippen LogP contribution is 2.47. The van der Waals surface area contributed by atoms with Gasteiger partial charge in [-0.25, -0.2) is 8.42 Å². The molecule has 39 heavy (non-hydrogen) atoms. The van der Waals surface area contributed by atoms with Crippen molar-refractivity contribution in [2.45, 2.75) is 36.2 Å². The number of nitrogens with zero attached hydrogens (tertiary/aromatic N) is 4. The zero-order valence-electron chi connectivity index (χ0n) is 21.6. The van der Waals surface area contributed by atoms with Gasteiger partial charge in [-0.1, -0.05) is 108 Å². The summed E-state index contributed by atoms with van der Waals surface area (Å²) in [6, 6.07) is 34.4. The van der Waals surface area contributed by atoms with E-state index in [9.17, 15) is 13.9 Å². The molecule has 1 heterocycles. The van der Waals surface area contributed by atoms with Gasteiger partial charge in [0.15, 0.2) is 0 Å². The molecule has 194 valence electrons. The van der Waals surface area contributed by atoms with Crippen molar-refractivity contribution in [1.82, 2.24) is 4.31 Å². The average molecular weight is 533 g/mol. The summed E-state index contributed by atoms with van der Waals surface area (Å²) in [4.78, 5) is 3.61. The maximum absolute atomic E-state index is 14.1. The summed E-state index contributed by atoms with van der Waals surface area (Å²) < 4.78 is 29.7. The number of azide groups is 1. The molecule has 7 heteroatoms. The highest BCUT2D eigenvalue weighted by molar-refractivity contribution is 7.89. The summed E-state index contributed by atoms with van der Waals surface area (Å²) in [5.74, 6) is 0. The van der Waals surface area contributed by atoms with Crippen LogP contribution in [0, 0.1) is 6.92 Å². The maximum Gasteiger partial charge on any atom is 0.243 e. The van der Waals surface area contributed by atoms with Crippen LogP contribution in [0.25, 0.3) is 32.0 Å². The molecule has 5 aromatic carbocycles. The van der Waals surface area contributed by atoms with E-state index in [1.54, 1.807) is 16.4 Å². The molecular weight excluding hydrogens is 504 g/mol. The number of sulfonamides is 1. The first-order valence-corrected chi connectivity index (χ1v) is 14.5. The molecule has 0 N–H and O–H groups in total. The summed E-state index contributed by atoms with van der Waals surface area (Å²) in [6.45, 7) is 2.28. The van der Waals surface area contributed by atoms with Crippen LogP contribution in [0.1, 0.15) is 29.5 Å². The first-order valence-electron chi connectivity index (χ1n) is 13.1. The lowest BCUT2D eigenvalue weighted by Gasteiger charge is -2.40. The monoisotopic (exact) mass is 532 g/mol. The van der Waals surface area contributed by atoms with Crippen molar-refractivity contribution in [3.05, 3.63) is 136 Å². The molecule has 0 saturated carbocycles. The van der Waals surface area contributed by atoms with Crippen LogP contribution >= 0.6 is 0 Å². The number of rotatable bonds is 6. The Hall–Kier alpha value is -4.16. The minimum atomic E-state index is -3.86. The lowest BCUT2D eigenvalue weighted by atomic mass is 9.76. The molecule has 6 rings (SSSR count). The van der Waals surface area contributed by atoms with Gasteiger partial charge in [0.1, 0.15) is 5.54 Å². The zero-order chi connectivity index (χ0) is 27.0. The predicted molar refractivity (Wildman–Crippen MR) is 156 cm³/mol. The Morgan fingerprint density at radius 3 is 1.87 bits per heavy atom. The molecule has 0 aromatic heterocycles. The minimum Gasteiger partial charge on any atom is -0.207 e. The van der Waals surface area contributed by atoms with Crippen LogP contribution in [-0.4, -0.2) is 25.3 Å². The Morgan fingerprint density at radius 1 is 0.795 bits per heavy atom. The fraction of sp³-hybridized carbons (Fsp3) is 0.188. The summed E-state index contributed by atoms with van der Waals surface area (Å²) in [5, 5.41) is 8.66. The number of aryl methyl sites for hydroxylation is 1. The van der Waals surface area contributed by atoms with Crippen molar-refractivity contribution in [3.8, 4) is 0 Å². The van der Waals surface area contributed by atoms with E-state index in [0.29, 0.717) is 19.4 Å². The van der Waals surface area contributed by atoms with Crippen molar-refractivity contribution in [2.24, 2.45) is 5.11 Å². The standard InChI is InChI=1S/C32H28N4O2S/c1-23-12-18-30(19-13-23)39(37,38)36-20-6-11-31(36)32(34-35-33,28-16-14-24-7-2-4-9-26(24)21-28)29-17-15-25-8-3-5-10-27(25)22-29/h2-5,7-10,12-19,21-22,31H,6,11,20H2,1H3/t31-/m0/s1. The van der Waals surface area contributed by atoms with E-state index < -0.39 is 21.6 Å². The fourth-order valence-electron chi connectivity index (χ4n) is 5.95. The molecule has 0 amide bonds. The van der Waals surface area contributed by atoms with E-state index in [2.05, 4.69) is 10.0 Å². The van der Waals surface area contributed by atoms with E-state index in [1.165, 1.54) is 0 Å². The van der Waals surface area contributed by atoms with E-state index in [4.69, 9.17) is 0 Å². The Bertz CT molecular complexity index is 1760. The van der Waals surface area contributed by atoms with E-state index in [-0.39, 0.29) is 4.90 Å². The highest BCUT2D eigenvalue weighted by Gasteiger charge is 2.50. The fourth-order valence-corrected chi connectivity index (χ4v) is 7.66. The zero-order valence-corrected chi connectivity index (χ0v) is 22.4. The molecule has 0 bridgehead atoms. The van der Waals surface area contributed by atoms with E-state index in [0.717, 1.165) is 38.2 Å². The molecule has 6 nitrogen and oxygen atoms in total. The number of benzene rings is 5. The maximum atomic E-state index is 14.1. The third-order valence-corrected chi connectivity index (χ3v) is 9.82. The molecule has 1 aliphatic heterocycles. The number of hydrogen-bond donors (Lipinski definition) is 0. The van der Waals surface area contributed by atoms with E-state index in [1.807, 2.05) is 104 Å². The molecule has 0 aliphatic carbocycles. The van der Waals surface area contributed by atoms with Gasteiger partial charge in [0.05, 0.1) is 4.90 Å². The molecule has 0 unspecified atom stereocenters. The Balaban J connectivity index is 1.62. The van der Waals surface area contributed by atoms with Gasteiger partial charge in [0.2, 0.25) is 10.0 Å². The molecule has 1 atom stereocenters. The normalized spacial score (nSPS) is 16.4. The van der Waals surface area contributed by atoms with Crippen LogP contribution in [-0.2, 0) is 15.6 Å². The molecule has 1 saturated heterocycles. The van der Waals surface area contributed by atoms with Gasteiger partial charge in [-0.05, 0) is 70.1 Å². The van der Waals surface area contributed by atoms with Gasteiger partial charge in [-0.3, -0.25) is 0 Å². The second-order valence-electron chi connectivity index (χ2n) is 10.2. The smallest absolute Gasteiger partial charge is 0.207 e. The summed E-state index contributed by atoms with van der Waals surface area (Å²) in [7, 11) is -3.86. The third-order valence-electron chi connectivity index (χ3n) is 7.90. The van der Waals surface area contributed by atoms with Crippen molar-refractivity contribution in [3.63, 3.8) is 0 Å². The molecule has 0 spiro atoms. The summed E-state index contributed by atoms with van der Waals surface area (Å²) >= 11 is 0. The predicted octanol–water partition coefficient (Wildman–Crippen LogP) is 7.71. The Morgan fingerprint density at radius 2 is 1.33 bits per heavy atom. The van der Waals surface area contributed by atoms with Crippen LogP contribution in [0.2, 0.25) is 0 Å². The van der Waals surface area contributed by atoms with Gasteiger partial charge in [-0.15, -0.1) is 0 Å². The SMILES string of the molecule is Cc1ccc(S(=O)(=O)N2CCC[C@H]2C(N=[N+]=[N-])(c2ccc3ccccc3c2)c2ccc3ccccc3c2)cc1. The quantitative estimate of drug-likeness (QED) is 0.127. The molecular formula is C32H28N4O2S. The first kappa shape index (κ1) is 25.1. The molecule has 5 aromatic rings. The lowest BCUT2D eigenvalue weighted by molar-refractivity contribution is 0.280. The number of fused-ring (bicyclic) bond motifs is 2. The summed E-state index contributed by atoms with van der Waals surface area (Å²) in [6.07, 6.45) is 1.23. The second-order valence-corrected chi connectivity index (χ2v) is 12.1. The van der Waals surface area contributed by atoms with Crippen LogP contribution < -0.4 is 0 Å². The van der Waals surface area contributed by atoms with Crippen molar-refractivity contribution in [2.75, 3.05) is 6.54 Å². The van der Waals surface area contributed by atoms with Gasteiger partial charge in [0, 0.05) is 17.5 Å². The van der Waals surface area contributed by atoms with Gasteiger partial charge < -0.3 is 0 Å². The number of hydrogen-bond acceptors (Lipinski definition) is 3. The Kier molecular flexibility index (Phi) is 6.35. The van der Waals surface area contributed by atoms with Crippen molar-refractivity contribution in [1.29, 1.82) is 0 Å². The third kappa shape index (κ3) is 4.25. The van der Waals surface area contributed by atoms with Crippen molar-refractivity contribution >= 4 is 31.6 Å². The van der Waals surface area contributed by atoms with Gasteiger partial charge >= 0.3 is 0 Å². The minimum absolute atomic E-state index is 0.242. The Labute approximate surface area is 228 Å². The summed E-state index contributed by atoms with van der Waals surface area (Å²) in [5.41, 5.74) is 11.3. The first-order chi connectivity index (χ1) is 18.9. The highest BCUT2D eigenvalue weighted by atomic mass is 32.2. The molecule has 1 aliphatic rings. The van der Waals surface area contributed by atoms with E-state index >= 15 is 0 Å². The van der Waals surface area contributed by atoms with Crippen LogP contribution in [0.5, 0.6) is 0 Å². The topological polar surface area (TPSA) is 86.1 Å². The van der Waals surface area contributed by atoms with Crippen LogP contribution in [0.15, 0.2) is 119 Å². The van der Waals surface area contributed by atoms with Gasteiger partial charge in [0.25, 0.3) is 0 Å². The molecule has 1 fully saturated rings. The largest absolute Gasteiger partial charge is 0.243 e. The lowest BCUT2D eigenvalue weighted by Crippen LogP contribution is -2.49. The second kappa shape index (κ2) is 9.86. The van der Waals surface area contributed by atoms with Crippen LogP contribution in [0.4, 0.5) is 0 Å².